The van der Waals surface area contributed by atoms with Gasteiger partial charge in [0.15, 0.2) is 0 Å². The van der Waals surface area contributed by atoms with Crippen LogP contribution in [0, 0.1) is 23.2 Å². The molecule has 226 valence electrons. The van der Waals surface area contributed by atoms with E-state index in [1.165, 1.54) is 0 Å². The van der Waals surface area contributed by atoms with Crippen LogP contribution in [-0.2, 0) is 10.2 Å². The second kappa shape index (κ2) is 14.0. The van der Waals surface area contributed by atoms with E-state index >= 15 is 0 Å². The first kappa shape index (κ1) is 33.9. The molecule has 0 bridgehead atoms. The van der Waals surface area contributed by atoms with Crippen molar-refractivity contribution in [2.24, 2.45) is 34.2 Å². The Bertz CT molecular complexity index is 1380. The summed E-state index contributed by atoms with van der Waals surface area (Å²) < 4.78 is 0. The molecule has 4 rings (SSSR count). The van der Waals surface area contributed by atoms with Gasteiger partial charge in [-0.1, -0.05) is 45.9 Å². The van der Waals surface area contributed by atoms with Gasteiger partial charge in [0.25, 0.3) is 0 Å². The normalized spacial score (nSPS) is 22.1. The Morgan fingerprint density at radius 2 is 1.71 bits per heavy atom. The molecule has 12 heteroatoms. The molecule has 0 aromatic heterocycles. The number of fused-ring (bicyclic) bond motifs is 3. The van der Waals surface area contributed by atoms with Gasteiger partial charge in [0, 0.05) is 17.2 Å². The summed E-state index contributed by atoms with van der Waals surface area (Å²) in [5, 5.41) is 16.8. The number of primary amides is 1. The number of hydrazine groups is 1. The number of nitriles is 1. The van der Waals surface area contributed by atoms with Crippen molar-refractivity contribution in [2.45, 2.75) is 58.5 Å². The van der Waals surface area contributed by atoms with E-state index in [-0.39, 0.29) is 30.5 Å². The Hall–Kier alpha value is -4.31. The number of carbonyl (C=O) groups is 3. The monoisotopic (exact) mass is 577 g/mol. The van der Waals surface area contributed by atoms with E-state index in [4.69, 9.17) is 17.3 Å². The molecule has 0 saturated heterocycles. The standard InChI is InChI=1S/C28H34N8O3.C2H6.H3N/c1-15(12-29)36(25-16(2)17(25)3)24(38)13-33-9-8-28(27(31)34-35-32)22-6-4-18(14-37)10-20(22)21-11-19(26(30)39)5-7-23(21)28;1-2;/h4-7,10-11,14-17,25,33,35H,8-9,13,32H2,1-3H3,(H2,30,39)(H2,31,34);1-2H3;1H3/t15?,16-,17?,25?,28?;;/m0../s1. The van der Waals surface area contributed by atoms with Crippen molar-refractivity contribution < 1.29 is 14.4 Å². The third-order valence-electron chi connectivity index (χ3n) is 8.25. The van der Waals surface area contributed by atoms with Crippen LogP contribution in [0.2, 0.25) is 0 Å². The Balaban J connectivity index is 0.00000201. The zero-order valence-electron chi connectivity index (χ0n) is 25.0. The molecule has 11 N–H and O–H groups in total. The minimum absolute atomic E-state index is 0. The lowest BCUT2D eigenvalue weighted by atomic mass is 9.74. The van der Waals surface area contributed by atoms with Crippen LogP contribution in [0.4, 0.5) is 0 Å². The van der Waals surface area contributed by atoms with Crippen LogP contribution < -0.4 is 34.3 Å². The number of nitrogens with two attached hydrogens (primary N) is 3. The Kier molecular flexibility index (Phi) is 11.3. The van der Waals surface area contributed by atoms with Gasteiger partial charge in [0.2, 0.25) is 11.8 Å². The van der Waals surface area contributed by atoms with Crippen LogP contribution >= 0.6 is 0 Å². The van der Waals surface area contributed by atoms with Crippen molar-refractivity contribution in [1.29, 1.82) is 5.26 Å². The third-order valence-corrected chi connectivity index (χ3v) is 8.25. The number of carbonyl (C=O) groups excluding carboxylic acids is 3. The van der Waals surface area contributed by atoms with Gasteiger partial charge in [-0.2, -0.15) is 10.4 Å². The summed E-state index contributed by atoms with van der Waals surface area (Å²) in [5.41, 5.74) is 17.2. The predicted octanol–water partition coefficient (Wildman–Crippen LogP) is 2.16. The van der Waals surface area contributed by atoms with E-state index in [9.17, 15) is 19.6 Å². The van der Waals surface area contributed by atoms with Crippen LogP contribution in [0.1, 0.15) is 72.9 Å². The van der Waals surface area contributed by atoms with Crippen molar-refractivity contribution in [3.8, 4) is 17.2 Å². The summed E-state index contributed by atoms with van der Waals surface area (Å²) in [6, 6.07) is 12.1. The molecule has 12 nitrogen and oxygen atoms in total. The van der Waals surface area contributed by atoms with Crippen LogP contribution in [-0.4, -0.2) is 54.0 Å². The highest BCUT2D eigenvalue weighted by molar-refractivity contribution is 6.05. The predicted molar refractivity (Wildman–Crippen MR) is 163 cm³/mol. The fraction of sp³-hybridized carbons (Fsp3) is 0.433. The maximum Gasteiger partial charge on any atom is 0.248 e. The Morgan fingerprint density at radius 3 is 2.24 bits per heavy atom. The molecule has 2 aliphatic rings. The fourth-order valence-corrected chi connectivity index (χ4v) is 5.91. The van der Waals surface area contributed by atoms with Crippen LogP contribution in [0.5, 0.6) is 0 Å². The number of amidine groups is 1. The molecule has 5 atom stereocenters. The average Bonchev–Trinajstić information content (AvgIpc) is 3.45. The molecule has 0 spiro atoms. The minimum Gasteiger partial charge on any atom is -0.385 e. The fourth-order valence-electron chi connectivity index (χ4n) is 5.91. The topological polar surface area (TPSA) is 228 Å². The molecule has 2 amide bonds. The molecule has 1 fully saturated rings. The average molecular weight is 578 g/mol. The number of benzene rings is 2. The van der Waals surface area contributed by atoms with Crippen molar-refractivity contribution in [1.82, 2.24) is 21.9 Å². The number of aldehydes is 1. The van der Waals surface area contributed by atoms with Gasteiger partial charge in [-0.15, -0.1) is 0 Å². The maximum atomic E-state index is 13.2. The lowest BCUT2D eigenvalue weighted by Crippen LogP contribution is -2.47. The van der Waals surface area contributed by atoms with Crippen LogP contribution in [0.3, 0.4) is 0 Å². The molecule has 0 heterocycles. The van der Waals surface area contributed by atoms with E-state index in [0.717, 1.165) is 23.0 Å². The van der Waals surface area contributed by atoms with E-state index in [0.29, 0.717) is 41.5 Å². The number of rotatable bonds is 11. The molecular weight excluding hydrogens is 534 g/mol. The van der Waals surface area contributed by atoms with E-state index in [1.807, 2.05) is 19.9 Å². The van der Waals surface area contributed by atoms with E-state index in [1.54, 1.807) is 42.2 Å². The van der Waals surface area contributed by atoms with Gasteiger partial charge in [-0.3, -0.25) is 14.4 Å². The second-order valence-electron chi connectivity index (χ2n) is 10.3. The lowest BCUT2D eigenvalue weighted by molar-refractivity contribution is -0.132. The van der Waals surface area contributed by atoms with Gasteiger partial charge in [0.05, 0.1) is 18.0 Å². The van der Waals surface area contributed by atoms with Crippen molar-refractivity contribution in [2.75, 3.05) is 13.1 Å². The van der Waals surface area contributed by atoms with Crippen molar-refractivity contribution >= 4 is 23.9 Å². The number of hydrazone groups is 1. The zero-order valence-corrected chi connectivity index (χ0v) is 25.0. The molecule has 2 aromatic carbocycles. The van der Waals surface area contributed by atoms with Crippen LogP contribution in [0.25, 0.3) is 11.1 Å². The first-order chi connectivity index (χ1) is 19.6. The largest absolute Gasteiger partial charge is 0.385 e. The van der Waals surface area contributed by atoms with Crippen molar-refractivity contribution in [3.63, 3.8) is 0 Å². The Labute approximate surface area is 247 Å². The molecule has 2 aliphatic carbocycles. The van der Waals surface area contributed by atoms with Gasteiger partial charge in [0.1, 0.15) is 18.2 Å². The minimum atomic E-state index is -0.968. The van der Waals surface area contributed by atoms with E-state index < -0.39 is 17.4 Å². The van der Waals surface area contributed by atoms with Gasteiger partial charge >= 0.3 is 0 Å². The summed E-state index contributed by atoms with van der Waals surface area (Å²) >= 11 is 0. The molecule has 2 aromatic rings. The number of nitrogens with one attached hydrogen (secondary N) is 2. The first-order valence-corrected chi connectivity index (χ1v) is 13.9. The van der Waals surface area contributed by atoms with Crippen LogP contribution in [0.15, 0.2) is 41.5 Å². The van der Waals surface area contributed by atoms with Gasteiger partial charge < -0.3 is 27.8 Å². The zero-order chi connectivity index (χ0) is 30.5. The molecule has 42 heavy (non-hydrogen) atoms. The highest BCUT2D eigenvalue weighted by atomic mass is 16.2. The number of amides is 2. The summed E-state index contributed by atoms with van der Waals surface area (Å²) in [7, 11) is 0. The van der Waals surface area contributed by atoms with Gasteiger partial charge in [-0.25, -0.2) is 11.4 Å². The summed E-state index contributed by atoms with van der Waals surface area (Å²) in [4.78, 5) is 38.4. The van der Waals surface area contributed by atoms with Gasteiger partial charge in [-0.05, 0) is 72.2 Å². The number of hydrogen-bond donors (Lipinski definition) is 6. The van der Waals surface area contributed by atoms with E-state index in [2.05, 4.69) is 35.9 Å². The summed E-state index contributed by atoms with van der Waals surface area (Å²) in [6.07, 6.45) is 1.14. The maximum absolute atomic E-state index is 13.2. The number of nitrogens with zero attached hydrogens (tertiary/aromatic N) is 3. The highest BCUT2D eigenvalue weighted by Gasteiger charge is 2.50. The molecule has 0 radical (unpaired) electrons. The highest BCUT2D eigenvalue weighted by Crippen LogP contribution is 2.51. The van der Waals surface area contributed by atoms with Crippen molar-refractivity contribution in [3.05, 3.63) is 58.7 Å². The quantitative estimate of drug-likeness (QED) is 0.0573. The molecule has 1 saturated carbocycles. The summed E-state index contributed by atoms with van der Waals surface area (Å²) in [6.45, 7) is 10.3. The molecular formula is C30H43N9O3. The first-order valence-electron chi connectivity index (χ1n) is 13.9. The smallest absolute Gasteiger partial charge is 0.248 e. The molecule has 0 aliphatic heterocycles. The third kappa shape index (κ3) is 5.99. The summed E-state index contributed by atoms with van der Waals surface area (Å²) in [5.74, 6) is 5.67. The lowest BCUT2D eigenvalue weighted by Gasteiger charge is -2.32. The second-order valence-corrected chi connectivity index (χ2v) is 10.3. The molecule has 4 unspecified atom stereocenters. The SMILES string of the molecule is CC.CC1C(N(C(=O)CNCCC2(/C(N)=N/NN)c3ccc(C=O)cc3-c3cc(C(N)=O)ccc32)C(C)C#N)[C@H]1C.N. The number of hydrogen-bond acceptors (Lipinski definition) is 9. The Morgan fingerprint density at radius 1 is 1.12 bits per heavy atom.